The maximum atomic E-state index is 13.6. The van der Waals surface area contributed by atoms with Crippen LogP contribution in [0.4, 0.5) is 9.18 Å². The first kappa shape index (κ1) is 18.0. The van der Waals surface area contributed by atoms with Crippen LogP contribution in [0.25, 0.3) is 6.08 Å². The molecule has 3 nitrogen and oxygen atoms in total. The van der Waals surface area contributed by atoms with Gasteiger partial charge in [0.15, 0.2) is 0 Å². The first-order valence-corrected chi connectivity index (χ1v) is 8.18. The van der Waals surface area contributed by atoms with E-state index >= 15 is 0 Å². The lowest BCUT2D eigenvalue weighted by atomic mass is 10.1. The van der Waals surface area contributed by atoms with Gasteiger partial charge in [0.2, 0.25) is 0 Å². The summed E-state index contributed by atoms with van der Waals surface area (Å²) in [5.41, 5.74) is 2.18. The van der Waals surface area contributed by atoms with Crippen LogP contribution < -0.4 is 5.32 Å². The summed E-state index contributed by atoms with van der Waals surface area (Å²) in [6, 6.07) is 14.4. The second-order valence-electron chi connectivity index (χ2n) is 5.16. The van der Waals surface area contributed by atoms with Crippen molar-refractivity contribution < 1.29 is 13.9 Å². The number of benzene rings is 2. The molecule has 1 N–H and O–H groups in total. The second kappa shape index (κ2) is 9.73. The molecule has 2 aromatic carbocycles. The number of alkyl carbamates (subject to hydrolysis) is 1. The highest BCUT2D eigenvalue weighted by Crippen LogP contribution is 2.13. The Morgan fingerprint density at radius 3 is 2.71 bits per heavy atom. The quantitative estimate of drug-likeness (QED) is 0.571. The Morgan fingerprint density at radius 2 is 2.00 bits per heavy atom. The molecule has 0 unspecified atom stereocenters. The summed E-state index contributed by atoms with van der Waals surface area (Å²) in [5, 5.41) is 2.66. The summed E-state index contributed by atoms with van der Waals surface area (Å²) in [6.45, 7) is 0.696. The maximum Gasteiger partial charge on any atom is 0.407 e. The van der Waals surface area contributed by atoms with Gasteiger partial charge in [-0.25, -0.2) is 9.18 Å². The van der Waals surface area contributed by atoms with Crippen molar-refractivity contribution in [2.75, 3.05) is 6.54 Å². The molecule has 0 fully saturated rings. The Morgan fingerprint density at radius 1 is 1.21 bits per heavy atom. The van der Waals surface area contributed by atoms with E-state index in [0.717, 1.165) is 11.1 Å². The molecular weight excluding hydrogens is 329 g/mol. The fourth-order valence-electron chi connectivity index (χ4n) is 2.03. The van der Waals surface area contributed by atoms with E-state index in [2.05, 4.69) is 5.32 Å². The van der Waals surface area contributed by atoms with Crippen molar-refractivity contribution in [3.8, 4) is 0 Å². The molecule has 5 heteroatoms. The van der Waals surface area contributed by atoms with Crippen molar-refractivity contribution in [2.24, 2.45) is 0 Å². The average molecular weight is 348 g/mol. The molecule has 0 spiro atoms. The Balaban J connectivity index is 1.66. The Kier molecular flexibility index (Phi) is 7.30. The second-order valence-corrected chi connectivity index (χ2v) is 5.43. The van der Waals surface area contributed by atoms with Gasteiger partial charge in [0.25, 0.3) is 0 Å². The van der Waals surface area contributed by atoms with E-state index < -0.39 is 6.09 Å². The van der Waals surface area contributed by atoms with Crippen LogP contribution in [0.5, 0.6) is 0 Å². The molecule has 1 amide bonds. The Labute approximate surface area is 146 Å². The minimum Gasteiger partial charge on any atom is -0.445 e. The van der Waals surface area contributed by atoms with E-state index in [0.29, 0.717) is 18.5 Å². The third-order valence-electron chi connectivity index (χ3n) is 3.32. The van der Waals surface area contributed by atoms with E-state index in [-0.39, 0.29) is 18.3 Å². The summed E-state index contributed by atoms with van der Waals surface area (Å²) in [5.74, 6) is -0.153. The summed E-state index contributed by atoms with van der Waals surface area (Å²) < 4.78 is 18.7. The predicted octanol–water partition coefficient (Wildman–Crippen LogP) is 4.89. The number of rotatable bonds is 7. The number of alkyl halides is 1. The summed E-state index contributed by atoms with van der Waals surface area (Å²) >= 11 is 5.61. The van der Waals surface area contributed by atoms with Gasteiger partial charge in [-0.3, -0.25) is 0 Å². The Bertz CT molecular complexity index is 689. The van der Waals surface area contributed by atoms with E-state index in [9.17, 15) is 9.18 Å². The first-order chi connectivity index (χ1) is 11.7. The molecule has 0 aromatic heterocycles. The molecule has 2 aromatic rings. The van der Waals surface area contributed by atoms with Gasteiger partial charge in [-0.15, -0.1) is 11.6 Å². The lowest BCUT2D eigenvalue weighted by molar-refractivity contribution is 0.140. The molecule has 0 aliphatic carbocycles. The number of halogens is 2. The van der Waals surface area contributed by atoms with Gasteiger partial charge in [-0.05, 0) is 23.6 Å². The standard InChI is InChI=1S/C19H19ClFNO2/c20-13-17-10-9-15(12-18(17)21)6-4-5-11-22-19(23)24-14-16-7-2-1-3-8-16/h1-4,6-10,12H,5,11,13-14H2,(H,22,23). The van der Waals surface area contributed by atoms with Crippen molar-refractivity contribution in [1.29, 1.82) is 0 Å². The number of amides is 1. The zero-order chi connectivity index (χ0) is 17.2. The molecule has 0 saturated carbocycles. The third-order valence-corrected chi connectivity index (χ3v) is 3.61. The zero-order valence-corrected chi connectivity index (χ0v) is 13.9. The van der Waals surface area contributed by atoms with Crippen LogP contribution >= 0.6 is 11.6 Å². The molecule has 0 aliphatic rings. The van der Waals surface area contributed by atoms with E-state index in [1.54, 1.807) is 18.2 Å². The van der Waals surface area contributed by atoms with Crippen molar-refractivity contribution in [2.45, 2.75) is 18.9 Å². The van der Waals surface area contributed by atoms with Crippen LogP contribution in [0, 0.1) is 5.82 Å². The molecule has 0 heterocycles. The number of hydrogen-bond donors (Lipinski definition) is 1. The topological polar surface area (TPSA) is 38.3 Å². The molecule has 2 rings (SSSR count). The Hall–Kier alpha value is -2.33. The first-order valence-electron chi connectivity index (χ1n) is 7.64. The highest BCUT2D eigenvalue weighted by atomic mass is 35.5. The van der Waals surface area contributed by atoms with Gasteiger partial charge in [0, 0.05) is 12.1 Å². The van der Waals surface area contributed by atoms with Crippen molar-refractivity contribution in [1.82, 2.24) is 5.32 Å². The minimum atomic E-state index is -0.454. The van der Waals surface area contributed by atoms with E-state index in [1.807, 2.05) is 36.4 Å². The van der Waals surface area contributed by atoms with Gasteiger partial charge in [-0.2, -0.15) is 0 Å². The van der Waals surface area contributed by atoms with Crippen molar-refractivity contribution >= 4 is 23.8 Å². The van der Waals surface area contributed by atoms with E-state index in [1.165, 1.54) is 6.07 Å². The SMILES string of the molecule is O=C(NCCC=Cc1ccc(CCl)c(F)c1)OCc1ccccc1. The van der Waals surface area contributed by atoms with Gasteiger partial charge in [-0.1, -0.05) is 54.6 Å². The smallest absolute Gasteiger partial charge is 0.407 e. The number of hydrogen-bond acceptors (Lipinski definition) is 2. The van der Waals surface area contributed by atoms with Gasteiger partial charge < -0.3 is 10.1 Å². The van der Waals surface area contributed by atoms with Gasteiger partial charge >= 0.3 is 6.09 Å². The number of carbonyl (C=O) groups is 1. The van der Waals surface area contributed by atoms with Crippen molar-refractivity contribution in [3.63, 3.8) is 0 Å². The third kappa shape index (κ3) is 6.05. The largest absolute Gasteiger partial charge is 0.445 e. The van der Waals surface area contributed by atoms with Crippen molar-refractivity contribution in [3.05, 3.63) is 77.1 Å². The number of nitrogens with one attached hydrogen (secondary N) is 1. The van der Waals surface area contributed by atoms with Crippen LogP contribution in [0.3, 0.4) is 0 Å². The fourth-order valence-corrected chi connectivity index (χ4v) is 2.24. The van der Waals surface area contributed by atoms with Gasteiger partial charge in [0.05, 0.1) is 5.88 Å². The summed E-state index contributed by atoms with van der Waals surface area (Å²) in [7, 11) is 0. The van der Waals surface area contributed by atoms with Crippen LogP contribution in [0.2, 0.25) is 0 Å². The molecule has 0 saturated heterocycles. The highest BCUT2D eigenvalue weighted by Gasteiger charge is 2.02. The lowest BCUT2D eigenvalue weighted by Crippen LogP contribution is -2.24. The molecule has 0 atom stereocenters. The highest BCUT2D eigenvalue weighted by molar-refractivity contribution is 6.17. The fraction of sp³-hybridized carbons (Fsp3) is 0.211. The van der Waals surface area contributed by atoms with Crippen LogP contribution in [-0.2, 0) is 17.2 Å². The molecule has 0 radical (unpaired) electrons. The number of carbonyl (C=O) groups excluding carboxylic acids is 1. The molecular formula is C19H19ClFNO2. The maximum absolute atomic E-state index is 13.6. The molecule has 0 aliphatic heterocycles. The lowest BCUT2D eigenvalue weighted by Gasteiger charge is -2.06. The summed E-state index contributed by atoms with van der Waals surface area (Å²) in [4.78, 5) is 11.5. The number of ether oxygens (including phenoxy) is 1. The van der Waals surface area contributed by atoms with E-state index in [4.69, 9.17) is 16.3 Å². The normalized spacial score (nSPS) is 10.8. The van der Waals surface area contributed by atoms with Crippen LogP contribution in [0.1, 0.15) is 23.1 Å². The summed E-state index contributed by atoms with van der Waals surface area (Å²) in [6.07, 6.45) is 3.84. The molecule has 126 valence electrons. The minimum absolute atomic E-state index is 0.158. The van der Waals surface area contributed by atoms with Crippen LogP contribution in [-0.4, -0.2) is 12.6 Å². The molecule has 0 bridgehead atoms. The average Bonchev–Trinajstić information content (AvgIpc) is 2.61. The monoisotopic (exact) mass is 347 g/mol. The van der Waals surface area contributed by atoms with Crippen LogP contribution in [0.15, 0.2) is 54.6 Å². The predicted molar refractivity (Wildman–Crippen MR) is 94.2 cm³/mol. The van der Waals surface area contributed by atoms with Gasteiger partial charge in [0.1, 0.15) is 12.4 Å². The zero-order valence-electron chi connectivity index (χ0n) is 13.2. The molecule has 24 heavy (non-hydrogen) atoms.